The molecule has 82 valence electrons. The van der Waals surface area contributed by atoms with Crippen LogP contribution in [-0.2, 0) is 0 Å². The topological polar surface area (TPSA) is 55.1 Å². The first-order chi connectivity index (χ1) is 7.66. The van der Waals surface area contributed by atoms with E-state index in [9.17, 15) is 4.79 Å². The molecule has 0 aliphatic heterocycles. The summed E-state index contributed by atoms with van der Waals surface area (Å²) >= 11 is 3.39. The molecule has 1 amide bonds. The van der Waals surface area contributed by atoms with E-state index in [0.717, 1.165) is 15.7 Å². The van der Waals surface area contributed by atoms with Gasteiger partial charge in [0.05, 0.1) is 6.20 Å². The molecular formula is C11H9BrN2O2. The first-order valence-corrected chi connectivity index (χ1v) is 5.42. The molecule has 0 fully saturated rings. The summed E-state index contributed by atoms with van der Waals surface area (Å²) in [5.41, 5.74) is 1.78. The van der Waals surface area contributed by atoms with Crippen LogP contribution in [0.25, 0.3) is 0 Å². The number of aromatic nitrogens is 1. The van der Waals surface area contributed by atoms with Gasteiger partial charge in [-0.25, -0.2) is 4.98 Å². The standard InChI is InChI=1S/C11H9BrN2O2/c1-7-4-8(2-3-9(7)12)14-11(15)10-5-13-6-16-10/h2-6H,1H3,(H,14,15). The van der Waals surface area contributed by atoms with Crippen LogP contribution < -0.4 is 5.32 Å². The Kier molecular flexibility index (Phi) is 3.05. The van der Waals surface area contributed by atoms with Crippen LogP contribution in [0.15, 0.2) is 39.7 Å². The summed E-state index contributed by atoms with van der Waals surface area (Å²) in [6, 6.07) is 5.56. The van der Waals surface area contributed by atoms with Crippen LogP contribution in [-0.4, -0.2) is 10.9 Å². The number of halogens is 1. The number of hydrogen-bond acceptors (Lipinski definition) is 3. The highest BCUT2D eigenvalue weighted by Crippen LogP contribution is 2.20. The molecule has 0 radical (unpaired) electrons. The van der Waals surface area contributed by atoms with Crippen molar-refractivity contribution in [1.82, 2.24) is 4.98 Å². The van der Waals surface area contributed by atoms with E-state index in [2.05, 4.69) is 26.2 Å². The Morgan fingerprint density at radius 3 is 2.94 bits per heavy atom. The molecular weight excluding hydrogens is 272 g/mol. The highest BCUT2D eigenvalue weighted by molar-refractivity contribution is 9.10. The number of nitrogens with zero attached hydrogens (tertiary/aromatic N) is 1. The van der Waals surface area contributed by atoms with E-state index in [1.165, 1.54) is 12.6 Å². The summed E-state index contributed by atoms with van der Waals surface area (Å²) in [5.74, 6) is -0.111. The minimum atomic E-state index is -0.306. The molecule has 1 heterocycles. The van der Waals surface area contributed by atoms with Gasteiger partial charge in [-0.05, 0) is 30.7 Å². The first kappa shape index (κ1) is 10.9. The van der Waals surface area contributed by atoms with Crippen molar-refractivity contribution in [1.29, 1.82) is 0 Å². The monoisotopic (exact) mass is 280 g/mol. The van der Waals surface area contributed by atoms with Gasteiger partial charge in [-0.15, -0.1) is 0 Å². The van der Waals surface area contributed by atoms with E-state index in [4.69, 9.17) is 4.42 Å². The Hall–Kier alpha value is -1.62. The van der Waals surface area contributed by atoms with Crippen molar-refractivity contribution in [2.24, 2.45) is 0 Å². The van der Waals surface area contributed by atoms with E-state index in [0.29, 0.717) is 0 Å². The summed E-state index contributed by atoms with van der Waals surface area (Å²) in [7, 11) is 0. The molecule has 0 bridgehead atoms. The van der Waals surface area contributed by atoms with Crippen molar-refractivity contribution in [2.75, 3.05) is 5.32 Å². The summed E-state index contributed by atoms with van der Waals surface area (Å²) in [5, 5.41) is 2.72. The second-order valence-electron chi connectivity index (χ2n) is 3.28. The number of carbonyl (C=O) groups is 1. The number of amides is 1. The third kappa shape index (κ3) is 2.30. The lowest BCUT2D eigenvalue weighted by Gasteiger charge is -2.05. The lowest BCUT2D eigenvalue weighted by atomic mass is 10.2. The Morgan fingerprint density at radius 1 is 1.50 bits per heavy atom. The number of oxazole rings is 1. The zero-order valence-electron chi connectivity index (χ0n) is 8.53. The average molecular weight is 281 g/mol. The molecule has 2 rings (SSSR count). The van der Waals surface area contributed by atoms with Gasteiger partial charge < -0.3 is 9.73 Å². The predicted molar refractivity (Wildman–Crippen MR) is 63.3 cm³/mol. The number of nitrogens with one attached hydrogen (secondary N) is 1. The van der Waals surface area contributed by atoms with Crippen molar-refractivity contribution < 1.29 is 9.21 Å². The number of carbonyl (C=O) groups excluding carboxylic acids is 1. The number of benzene rings is 1. The number of rotatable bonds is 2. The molecule has 0 saturated heterocycles. The normalized spacial score (nSPS) is 10.1. The molecule has 1 aromatic carbocycles. The van der Waals surface area contributed by atoms with E-state index >= 15 is 0 Å². The molecule has 0 aliphatic carbocycles. The van der Waals surface area contributed by atoms with Gasteiger partial charge in [0.1, 0.15) is 0 Å². The Balaban J connectivity index is 2.15. The fourth-order valence-corrected chi connectivity index (χ4v) is 1.49. The molecule has 1 N–H and O–H groups in total. The molecule has 0 unspecified atom stereocenters. The van der Waals surface area contributed by atoms with Gasteiger partial charge in [-0.3, -0.25) is 4.79 Å². The third-order valence-corrected chi connectivity index (χ3v) is 2.96. The maximum Gasteiger partial charge on any atom is 0.293 e. The SMILES string of the molecule is Cc1cc(NC(=O)c2cnco2)ccc1Br. The fourth-order valence-electron chi connectivity index (χ4n) is 1.24. The molecule has 16 heavy (non-hydrogen) atoms. The van der Waals surface area contributed by atoms with E-state index in [1.807, 2.05) is 25.1 Å². The van der Waals surface area contributed by atoms with Gasteiger partial charge in [0.15, 0.2) is 6.39 Å². The smallest absolute Gasteiger partial charge is 0.293 e. The van der Waals surface area contributed by atoms with Gasteiger partial charge in [0, 0.05) is 10.2 Å². The number of hydrogen-bond donors (Lipinski definition) is 1. The van der Waals surface area contributed by atoms with Gasteiger partial charge in [0.2, 0.25) is 5.76 Å². The molecule has 0 spiro atoms. The maximum atomic E-state index is 11.6. The van der Waals surface area contributed by atoms with Crippen LogP contribution in [0.2, 0.25) is 0 Å². The maximum absolute atomic E-state index is 11.6. The molecule has 0 saturated carbocycles. The van der Waals surface area contributed by atoms with Crippen molar-refractivity contribution in [3.63, 3.8) is 0 Å². The minimum absolute atomic E-state index is 0.195. The third-order valence-electron chi connectivity index (χ3n) is 2.07. The van der Waals surface area contributed by atoms with E-state index in [1.54, 1.807) is 0 Å². The Labute approximate surface area is 101 Å². The largest absolute Gasteiger partial charge is 0.438 e. The van der Waals surface area contributed by atoms with Crippen molar-refractivity contribution in [3.8, 4) is 0 Å². The van der Waals surface area contributed by atoms with Crippen molar-refractivity contribution >= 4 is 27.5 Å². The van der Waals surface area contributed by atoms with Gasteiger partial charge >= 0.3 is 0 Å². The fraction of sp³-hybridized carbons (Fsp3) is 0.0909. The molecule has 1 aromatic heterocycles. The molecule has 0 aliphatic rings. The summed E-state index contributed by atoms with van der Waals surface area (Å²) in [6.45, 7) is 1.95. The average Bonchev–Trinajstić information content (AvgIpc) is 2.77. The highest BCUT2D eigenvalue weighted by Gasteiger charge is 2.09. The molecule has 0 atom stereocenters. The second kappa shape index (κ2) is 4.49. The zero-order valence-corrected chi connectivity index (χ0v) is 10.1. The summed E-state index contributed by atoms with van der Waals surface area (Å²) in [6.07, 6.45) is 2.60. The second-order valence-corrected chi connectivity index (χ2v) is 4.14. The van der Waals surface area contributed by atoms with Gasteiger partial charge in [0.25, 0.3) is 5.91 Å². The lowest BCUT2D eigenvalue weighted by molar-refractivity contribution is 0.0996. The minimum Gasteiger partial charge on any atom is -0.438 e. The van der Waals surface area contributed by atoms with Crippen LogP contribution in [0.4, 0.5) is 5.69 Å². The summed E-state index contributed by atoms with van der Waals surface area (Å²) in [4.78, 5) is 15.3. The predicted octanol–water partition coefficient (Wildman–Crippen LogP) is 3.00. The summed E-state index contributed by atoms with van der Waals surface area (Å²) < 4.78 is 5.89. The van der Waals surface area contributed by atoms with E-state index < -0.39 is 0 Å². The molecule has 2 aromatic rings. The number of aryl methyl sites for hydroxylation is 1. The van der Waals surface area contributed by atoms with Crippen molar-refractivity contribution in [3.05, 3.63) is 46.6 Å². The van der Waals surface area contributed by atoms with Crippen LogP contribution in [0.1, 0.15) is 16.1 Å². The zero-order chi connectivity index (χ0) is 11.5. The van der Waals surface area contributed by atoms with Gasteiger partial charge in [-0.1, -0.05) is 15.9 Å². The van der Waals surface area contributed by atoms with Crippen LogP contribution >= 0.6 is 15.9 Å². The first-order valence-electron chi connectivity index (χ1n) is 4.63. The molecule has 4 nitrogen and oxygen atoms in total. The van der Waals surface area contributed by atoms with Crippen LogP contribution in [0.5, 0.6) is 0 Å². The Bertz CT molecular complexity index is 509. The van der Waals surface area contributed by atoms with E-state index in [-0.39, 0.29) is 11.7 Å². The van der Waals surface area contributed by atoms with Crippen molar-refractivity contribution in [2.45, 2.75) is 6.92 Å². The number of anilines is 1. The van der Waals surface area contributed by atoms with Crippen LogP contribution in [0, 0.1) is 6.92 Å². The quantitative estimate of drug-likeness (QED) is 0.920. The van der Waals surface area contributed by atoms with Gasteiger partial charge in [-0.2, -0.15) is 0 Å². The molecule has 5 heteroatoms. The van der Waals surface area contributed by atoms with Crippen LogP contribution in [0.3, 0.4) is 0 Å². The highest BCUT2D eigenvalue weighted by atomic mass is 79.9. The Morgan fingerprint density at radius 2 is 2.31 bits per heavy atom. The lowest BCUT2D eigenvalue weighted by Crippen LogP contribution is -2.10.